The van der Waals surface area contributed by atoms with E-state index in [1.165, 1.54) is 6.33 Å². The number of azo groups is 1. The lowest BCUT2D eigenvalue weighted by Gasteiger charge is -1.96. The molecular formula is C18H12ClN5S. The molecule has 122 valence electrons. The Morgan fingerprint density at radius 3 is 2.68 bits per heavy atom. The number of pyridine rings is 1. The molecule has 0 saturated carbocycles. The minimum Gasteiger partial charge on any atom is -0.259 e. The van der Waals surface area contributed by atoms with Crippen LogP contribution in [0.5, 0.6) is 0 Å². The van der Waals surface area contributed by atoms with Gasteiger partial charge in [0.2, 0.25) is 0 Å². The maximum Gasteiger partial charge on any atom is 0.195 e. The predicted molar refractivity (Wildman–Crippen MR) is 100 cm³/mol. The van der Waals surface area contributed by atoms with Gasteiger partial charge in [-0.3, -0.25) is 4.98 Å². The minimum atomic E-state index is 0.418. The lowest BCUT2D eigenvalue weighted by atomic mass is 10.2. The van der Waals surface area contributed by atoms with Crippen LogP contribution in [0.1, 0.15) is 5.69 Å². The second-order valence-corrected chi connectivity index (χ2v) is 6.74. The number of fused-ring (bicyclic) bond motifs is 1. The van der Waals surface area contributed by atoms with Crippen molar-refractivity contribution in [1.29, 1.82) is 0 Å². The van der Waals surface area contributed by atoms with Crippen molar-refractivity contribution in [2.45, 2.75) is 6.54 Å². The largest absolute Gasteiger partial charge is 0.259 e. The topological polar surface area (TPSA) is 63.4 Å². The van der Waals surface area contributed by atoms with Crippen LogP contribution in [0.2, 0.25) is 5.02 Å². The highest BCUT2D eigenvalue weighted by molar-refractivity contribution is 7.22. The molecule has 0 N–H and O–H groups in total. The molecule has 0 unspecified atom stereocenters. The molecule has 0 atom stereocenters. The van der Waals surface area contributed by atoms with E-state index in [2.05, 4.69) is 25.2 Å². The van der Waals surface area contributed by atoms with Crippen LogP contribution in [0, 0.1) is 0 Å². The zero-order valence-electron chi connectivity index (χ0n) is 13.0. The van der Waals surface area contributed by atoms with Gasteiger partial charge in [0.1, 0.15) is 12.9 Å². The number of hydrogen-bond donors (Lipinski definition) is 0. The van der Waals surface area contributed by atoms with Gasteiger partial charge in [-0.05, 0) is 35.9 Å². The first-order valence-corrected chi connectivity index (χ1v) is 8.77. The average molecular weight is 366 g/mol. The van der Waals surface area contributed by atoms with Crippen molar-refractivity contribution in [3.05, 3.63) is 71.8 Å². The third kappa shape index (κ3) is 3.55. The quantitative estimate of drug-likeness (QED) is 0.436. The van der Waals surface area contributed by atoms with Crippen molar-refractivity contribution < 1.29 is 0 Å². The number of hydrogen-bond acceptors (Lipinski definition) is 6. The first-order chi connectivity index (χ1) is 12.3. The number of thiophene rings is 1. The van der Waals surface area contributed by atoms with Gasteiger partial charge in [-0.25, -0.2) is 9.97 Å². The van der Waals surface area contributed by atoms with E-state index in [1.54, 1.807) is 17.5 Å². The van der Waals surface area contributed by atoms with E-state index in [4.69, 9.17) is 11.6 Å². The van der Waals surface area contributed by atoms with E-state index in [1.807, 2.05) is 48.5 Å². The number of rotatable bonds is 4. The lowest BCUT2D eigenvalue weighted by molar-refractivity contribution is 0.908. The van der Waals surface area contributed by atoms with Crippen molar-refractivity contribution in [1.82, 2.24) is 15.0 Å². The molecule has 0 saturated heterocycles. The highest BCUT2D eigenvalue weighted by atomic mass is 35.5. The maximum absolute atomic E-state index is 5.96. The SMILES string of the molecule is Clc1ccc(-c2cc3ncnc(N=NCc4ccccn4)c3s2)cc1. The average Bonchev–Trinajstić information content (AvgIpc) is 3.08. The van der Waals surface area contributed by atoms with Crippen LogP contribution in [0.25, 0.3) is 20.7 Å². The van der Waals surface area contributed by atoms with Gasteiger partial charge in [0.15, 0.2) is 5.82 Å². The van der Waals surface area contributed by atoms with E-state index in [9.17, 15) is 0 Å². The molecule has 1 aromatic carbocycles. The molecule has 0 aliphatic carbocycles. The summed E-state index contributed by atoms with van der Waals surface area (Å²) >= 11 is 7.55. The Hall–Kier alpha value is -2.70. The molecule has 5 nitrogen and oxygen atoms in total. The van der Waals surface area contributed by atoms with Crippen molar-refractivity contribution in [2.75, 3.05) is 0 Å². The van der Waals surface area contributed by atoms with Crippen LogP contribution in [-0.2, 0) is 6.54 Å². The summed E-state index contributed by atoms with van der Waals surface area (Å²) in [5, 5.41) is 9.21. The van der Waals surface area contributed by atoms with Gasteiger partial charge >= 0.3 is 0 Å². The molecule has 0 bridgehead atoms. The van der Waals surface area contributed by atoms with Crippen molar-refractivity contribution >= 4 is 39.0 Å². The normalized spacial score (nSPS) is 11.4. The number of benzene rings is 1. The first-order valence-electron chi connectivity index (χ1n) is 7.57. The molecule has 3 heterocycles. The predicted octanol–water partition coefficient (Wildman–Crippen LogP) is 5.69. The van der Waals surface area contributed by atoms with Crippen LogP contribution in [0.4, 0.5) is 5.82 Å². The lowest BCUT2D eigenvalue weighted by Crippen LogP contribution is -1.84. The third-order valence-corrected chi connectivity index (χ3v) is 4.97. The second-order valence-electron chi connectivity index (χ2n) is 5.25. The molecule has 0 aliphatic heterocycles. The molecule has 4 aromatic rings. The zero-order chi connectivity index (χ0) is 17.1. The molecule has 0 amide bonds. The van der Waals surface area contributed by atoms with Crippen molar-refractivity contribution in [3.8, 4) is 10.4 Å². The highest BCUT2D eigenvalue weighted by Crippen LogP contribution is 2.36. The molecule has 25 heavy (non-hydrogen) atoms. The van der Waals surface area contributed by atoms with Gasteiger partial charge in [-0.15, -0.1) is 16.5 Å². The fraction of sp³-hybridized carbons (Fsp3) is 0.0556. The van der Waals surface area contributed by atoms with Gasteiger partial charge in [-0.1, -0.05) is 29.8 Å². The highest BCUT2D eigenvalue weighted by Gasteiger charge is 2.10. The molecule has 3 aromatic heterocycles. The summed E-state index contributed by atoms with van der Waals surface area (Å²) in [6.07, 6.45) is 3.25. The summed E-state index contributed by atoms with van der Waals surface area (Å²) in [5.74, 6) is 0.575. The van der Waals surface area contributed by atoms with Gasteiger partial charge in [0.05, 0.1) is 15.9 Å². The molecule has 0 spiro atoms. The first kappa shape index (κ1) is 15.8. The van der Waals surface area contributed by atoms with Gasteiger partial charge < -0.3 is 0 Å². The molecule has 4 rings (SSSR count). The van der Waals surface area contributed by atoms with Gasteiger partial charge in [-0.2, -0.15) is 5.11 Å². The Bertz CT molecular complexity index is 1030. The van der Waals surface area contributed by atoms with Gasteiger partial charge in [0.25, 0.3) is 0 Å². The fourth-order valence-corrected chi connectivity index (χ4v) is 3.51. The number of nitrogens with zero attached hydrogens (tertiary/aromatic N) is 5. The van der Waals surface area contributed by atoms with Crippen LogP contribution < -0.4 is 0 Å². The Balaban J connectivity index is 1.64. The van der Waals surface area contributed by atoms with E-state index in [-0.39, 0.29) is 0 Å². The molecule has 0 radical (unpaired) electrons. The smallest absolute Gasteiger partial charge is 0.195 e. The Morgan fingerprint density at radius 1 is 1.00 bits per heavy atom. The van der Waals surface area contributed by atoms with Gasteiger partial charge in [0, 0.05) is 16.1 Å². The summed E-state index contributed by atoms with van der Waals surface area (Å²) in [7, 11) is 0. The number of aromatic nitrogens is 3. The molecule has 0 fully saturated rings. The Morgan fingerprint density at radius 2 is 1.88 bits per heavy atom. The summed E-state index contributed by atoms with van der Waals surface area (Å²) in [5.41, 5.74) is 2.81. The minimum absolute atomic E-state index is 0.418. The third-order valence-electron chi connectivity index (χ3n) is 3.55. The maximum atomic E-state index is 5.96. The number of halogens is 1. The summed E-state index contributed by atoms with van der Waals surface area (Å²) in [6, 6.07) is 15.5. The van der Waals surface area contributed by atoms with Crippen molar-refractivity contribution in [3.63, 3.8) is 0 Å². The van der Waals surface area contributed by atoms with E-state index >= 15 is 0 Å². The standard InChI is InChI=1S/C18H12ClN5S/c19-13-6-4-12(5-7-13)16-9-15-17(25-16)18(22-11-21-15)24-23-10-14-3-1-2-8-20-14/h1-9,11H,10H2. The van der Waals surface area contributed by atoms with Crippen LogP contribution in [0.3, 0.4) is 0 Å². The van der Waals surface area contributed by atoms with Crippen molar-refractivity contribution in [2.24, 2.45) is 10.2 Å². The fourth-order valence-electron chi connectivity index (χ4n) is 2.34. The monoisotopic (exact) mass is 365 g/mol. The Kier molecular flexibility index (Phi) is 4.45. The molecular weight excluding hydrogens is 354 g/mol. The van der Waals surface area contributed by atoms with E-state index < -0.39 is 0 Å². The van der Waals surface area contributed by atoms with E-state index in [0.29, 0.717) is 17.4 Å². The molecule has 7 heteroatoms. The van der Waals surface area contributed by atoms with Crippen LogP contribution in [-0.4, -0.2) is 15.0 Å². The van der Waals surface area contributed by atoms with Crippen LogP contribution >= 0.6 is 22.9 Å². The Labute approximate surface area is 153 Å². The summed E-state index contributed by atoms with van der Waals surface area (Å²) < 4.78 is 0.914. The zero-order valence-corrected chi connectivity index (χ0v) is 14.6. The van der Waals surface area contributed by atoms with E-state index in [0.717, 1.165) is 26.4 Å². The summed E-state index contributed by atoms with van der Waals surface area (Å²) in [6.45, 7) is 0.418. The summed E-state index contributed by atoms with van der Waals surface area (Å²) in [4.78, 5) is 13.9. The molecule has 0 aliphatic rings. The second kappa shape index (κ2) is 7.04. The van der Waals surface area contributed by atoms with Crippen LogP contribution in [0.15, 0.2) is 71.3 Å².